The fourth-order valence-electron chi connectivity index (χ4n) is 3.84. The van der Waals surface area contributed by atoms with Gasteiger partial charge in [-0.3, -0.25) is 0 Å². The van der Waals surface area contributed by atoms with Crippen molar-refractivity contribution >= 4 is 23.1 Å². The van der Waals surface area contributed by atoms with Gasteiger partial charge in [0.25, 0.3) is 0 Å². The van der Waals surface area contributed by atoms with Crippen molar-refractivity contribution in [3.8, 4) is 0 Å². The highest BCUT2D eigenvalue weighted by molar-refractivity contribution is 7.99. The van der Waals surface area contributed by atoms with Crippen LogP contribution in [0.15, 0.2) is 58.3 Å². The summed E-state index contributed by atoms with van der Waals surface area (Å²) in [5.74, 6) is 0. The van der Waals surface area contributed by atoms with E-state index in [1.807, 2.05) is 18.9 Å². The van der Waals surface area contributed by atoms with Gasteiger partial charge in [-0.05, 0) is 50.1 Å². The first-order chi connectivity index (χ1) is 12.3. The van der Waals surface area contributed by atoms with Crippen LogP contribution in [0.4, 0.5) is 11.4 Å². The fourth-order valence-corrected chi connectivity index (χ4v) is 4.94. The Kier molecular flexibility index (Phi) is 5.30. The van der Waals surface area contributed by atoms with Gasteiger partial charge in [0, 0.05) is 36.5 Å². The van der Waals surface area contributed by atoms with Crippen LogP contribution in [0.5, 0.6) is 0 Å². The monoisotopic (exact) mass is 354 g/mol. The van der Waals surface area contributed by atoms with Gasteiger partial charge < -0.3 is 14.5 Å². The van der Waals surface area contributed by atoms with Crippen LogP contribution in [0, 0.1) is 0 Å². The summed E-state index contributed by atoms with van der Waals surface area (Å²) in [4.78, 5) is 7.82. The molecule has 2 aromatic rings. The van der Waals surface area contributed by atoms with E-state index in [-0.39, 0.29) is 0 Å². The van der Waals surface area contributed by atoms with Gasteiger partial charge in [0.05, 0.1) is 17.5 Å². The first kappa shape index (κ1) is 17.0. The van der Waals surface area contributed by atoms with Gasteiger partial charge in [-0.25, -0.2) is 0 Å². The number of rotatable bonds is 5. The molecule has 1 fully saturated rings. The second-order valence-electron chi connectivity index (χ2n) is 6.82. The molecule has 25 heavy (non-hydrogen) atoms. The summed E-state index contributed by atoms with van der Waals surface area (Å²) in [6.45, 7) is 4.58. The van der Waals surface area contributed by atoms with E-state index in [4.69, 9.17) is 4.74 Å². The van der Waals surface area contributed by atoms with Crippen LogP contribution in [0.2, 0.25) is 0 Å². The maximum absolute atomic E-state index is 5.48. The van der Waals surface area contributed by atoms with Crippen LogP contribution in [-0.4, -0.2) is 44.3 Å². The van der Waals surface area contributed by atoms with Gasteiger partial charge in [0.1, 0.15) is 0 Å². The summed E-state index contributed by atoms with van der Waals surface area (Å²) in [5, 5.41) is 0. The van der Waals surface area contributed by atoms with Gasteiger partial charge in [0.15, 0.2) is 0 Å². The maximum atomic E-state index is 5.48. The third-order valence-corrected chi connectivity index (χ3v) is 6.39. The predicted molar refractivity (Wildman–Crippen MR) is 105 cm³/mol. The fraction of sp³-hybridized carbons (Fsp3) is 0.429. The van der Waals surface area contributed by atoms with Crippen molar-refractivity contribution in [1.82, 2.24) is 4.90 Å². The molecule has 2 aliphatic heterocycles. The van der Waals surface area contributed by atoms with E-state index in [0.29, 0.717) is 6.10 Å². The molecule has 0 saturated carbocycles. The molecule has 0 radical (unpaired) electrons. The topological polar surface area (TPSA) is 15.7 Å². The van der Waals surface area contributed by atoms with Gasteiger partial charge in [-0.1, -0.05) is 36.0 Å². The molecular formula is C21H26N2OS. The van der Waals surface area contributed by atoms with E-state index in [1.54, 1.807) is 0 Å². The number of nitrogens with zero attached hydrogens (tertiary/aromatic N) is 2. The second-order valence-corrected chi connectivity index (χ2v) is 7.90. The van der Waals surface area contributed by atoms with Gasteiger partial charge in [-0.15, -0.1) is 0 Å². The third kappa shape index (κ3) is 3.71. The van der Waals surface area contributed by atoms with E-state index >= 15 is 0 Å². The Morgan fingerprint density at radius 1 is 0.920 bits per heavy atom. The van der Waals surface area contributed by atoms with Crippen molar-refractivity contribution in [2.24, 2.45) is 0 Å². The van der Waals surface area contributed by atoms with Crippen LogP contribution in [0.1, 0.15) is 19.3 Å². The second kappa shape index (κ2) is 7.81. The first-order valence-electron chi connectivity index (χ1n) is 9.24. The number of hydrogen-bond acceptors (Lipinski definition) is 4. The Morgan fingerprint density at radius 2 is 1.52 bits per heavy atom. The standard InChI is InChI=1S/C21H26N2OS/c1-24-17-11-15-22(16-12-17)13-6-14-23-18-7-2-4-9-20(18)25-21-10-5-3-8-19(21)23/h2-5,7-10,17H,6,11-16H2,1H3. The molecule has 0 unspecified atom stereocenters. The molecule has 2 aliphatic rings. The molecule has 132 valence electrons. The molecule has 0 bridgehead atoms. The van der Waals surface area contributed by atoms with E-state index < -0.39 is 0 Å². The van der Waals surface area contributed by atoms with Crippen molar-refractivity contribution in [3.63, 3.8) is 0 Å². The Labute approximate surface area is 155 Å². The average molecular weight is 355 g/mol. The number of hydrogen-bond donors (Lipinski definition) is 0. The number of para-hydroxylation sites is 2. The quantitative estimate of drug-likeness (QED) is 0.767. The normalized spacial score (nSPS) is 18.0. The van der Waals surface area contributed by atoms with Crippen molar-refractivity contribution in [2.75, 3.05) is 38.2 Å². The van der Waals surface area contributed by atoms with Crippen LogP contribution in [0.3, 0.4) is 0 Å². The van der Waals surface area contributed by atoms with Gasteiger partial charge in [-0.2, -0.15) is 0 Å². The summed E-state index contributed by atoms with van der Waals surface area (Å²) in [6, 6.07) is 17.5. The van der Waals surface area contributed by atoms with Crippen LogP contribution in [-0.2, 0) is 4.74 Å². The number of anilines is 2. The number of fused-ring (bicyclic) bond motifs is 2. The zero-order valence-corrected chi connectivity index (χ0v) is 15.7. The summed E-state index contributed by atoms with van der Waals surface area (Å²) >= 11 is 1.88. The Morgan fingerprint density at radius 3 is 2.12 bits per heavy atom. The molecule has 2 heterocycles. The molecular weight excluding hydrogens is 328 g/mol. The van der Waals surface area contributed by atoms with E-state index in [0.717, 1.165) is 6.54 Å². The summed E-state index contributed by atoms with van der Waals surface area (Å²) < 4.78 is 5.48. The van der Waals surface area contributed by atoms with E-state index in [9.17, 15) is 0 Å². The van der Waals surface area contributed by atoms with Crippen molar-refractivity contribution < 1.29 is 4.74 Å². The molecule has 0 N–H and O–H groups in total. The van der Waals surface area contributed by atoms with Crippen molar-refractivity contribution in [2.45, 2.75) is 35.2 Å². The highest BCUT2D eigenvalue weighted by Gasteiger charge is 2.23. The van der Waals surface area contributed by atoms with Crippen molar-refractivity contribution in [3.05, 3.63) is 48.5 Å². The van der Waals surface area contributed by atoms with E-state index in [1.165, 1.54) is 60.1 Å². The predicted octanol–water partition coefficient (Wildman–Crippen LogP) is 4.79. The highest BCUT2D eigenvalue weighted by Crippen LogP contribution is 2.47. The molecule has 3 nitrogen and oxygen atoms in total. The zero-order chi connectivity index (χ0) is 17.1. The maximum Gasteiger partial charge on any atom is 0.0595 e. The lowest BCUT2D eigenvalue weighted by Gasteiger charge is -2.34. The molecule has 2 aromatic carbocycles. The van der Waals surface area contributed by atoms with Crippen molar-refractivity contribution in [1.29, 1.82) is 0 Å². The lowest BCUT2D eigenvalue weighted by molar-refractivity contribution is 0.0410. The smallest absolute Gasteiger partial charge is 0.0595 e. The zero-order valence-electron chi connectivity index (χ0n) is 14.9. The van der Waals surface area contributed by atoms with Crippen LogP contribution < -0.4 is 4.90 Å². The van der Waals surface area contributed by atoms with Crippen LogP contribution >= 0.6 is 11.8 Å². The number of methoxy groups -OCH3 is 1. The lowest BCUT2D eigenvalue weighted by atomic mass is 10.1. The first-order valence-corrected chi connectivity index (χ1v) is 10.1. The van der Waals surface area contributed by atoms with Gasteiger partial charge >= 0.3 is 0 Å². The third-order valence-electron chi connectivity index (χ3n) is 5.26. The summed E-state index contributed by atoms with van der Waals surface area (Å²) in [6.07, 6.45) is 3.99. The highest BCUT2D eigenvalue weighted by atomic mass is 32.2. The molecule has 0 amide bonds. The number of ether oxygens (including phenoxy) is 1. The Bertz CT molecular complexity index is 667. The SMILES string of the molecule is COC1CCN(CCCN2c3ccccc3Sc3ccccc32)CC1. The molecule has 4 heteroatoms. The minimum Gasteiger partial charge on any atom is -0.381 e. The molecule has 0 atom stereocenters. The molecule has 4 rings (SSSR count). The number of benzene rings is 2. The Hall–Kier alpha value is -1.49. The molecule has 1 saturated heterocycles. The van der Waals surface area contributed by atoms with E-state index in [2.05, 4.69) is 58.3 Å². The van der Waals surface area contributed by atoms with Crippen LogP contribution in [0.25, 0.3) is 0 Å². The molecule has 0 spiro atoms. The minimum absolute atomic E-state index is 0.467. The lowest BCUT2D eigenvalue weighted by Crippen LogP contribution is -2.38. The van der Waals surface area contributed by atoms with Gasteiger partial charge in [0.2, 0.25) is 0 Å². The Balaban J connectivity index is 1.42. The largest absolute Gasteiger partial charge is 0.381 e. The summed E-state index contributed by atoms with van der Waals surface area (Å²) in [7, 11) is 1.84. The number of likely N-dealkylation sites (tertiary alicyclic amines) is 1. The minimum atomic E-state index is 0.467. The number of piperidine rings is 1. The molecule has 0 aromatic heterocycles. The average Bonchev–Trinajstić information content (AvgIpc) is 2.68. The summed E-state index contributed by atoms with van der Waals surface area (Å²) in [5.41, 5.74) is 2.70. The molecule has 0 aliphatic carbocycles.